The minimum atomic E-state index is -0.220. The fraction of sp³-hybridized carbons (Fsp3) is 0.462. The second kappa shape index (κ2) is 6.78. The minimum absolute atomic E-state index is 0.220. The SMILES string of the molecule is C/C(CCC(C)C)=N\NC(=O)c1cccnc1. The van der Waals surface area contributed by atoms with Gasteiger partial charge in [0.05, 0.1) is 5.56 Å². The van der Waals surface area contributed by atoms with Gasteiger partial charge in [-0.2, -0.15) is 5.10 Å². The summed E-state index contributed by atoms with van der Waals surface area (Å²) in [4.78, 5) is 15.5. The van der Waals surface area contributed by atoms with E-state index in [1.54, 1.807) is 18.3 Å². The first kappa shape index (κ1) is 13.4. The lowest BCUT2D eigenvalue weighted by molar-refractivity contribution is 0.0954. The summed E-state index contributed by atoms with van der Waals surface area (Å²) in [5.74, 6) is 0.427. The van der Waals surface area contributed by atoms with Gasteiger partial charge in [0.1, 0.15) is 0 Å². The molecule has 92 valence electrons. The molecule has 1 aromatic heterocycles. The van der Waals surface area contributed by atoms with Crippen LogP contribution in [0.5, 0.6) is 0 Å². The van der Waals surface area contributed by atoms with Crippen LogP contribution in [0.25, 0.3) is 0 Å². The monoisotopic (exact) mass is 233 g/mol. The van der Waals surface area contributed by atoms with Crippen molar-refractivity contribution in [2.75, 3.05) is 0 Å². The molecule has 0 spiro atoms. The number of nitrogens with zero attached hydrogens (tertiary/aromatic N) is 2. The fourth-order valence-electron chi connectivity index (χ4n) is 1.26. The van der Waals surface area contributed by atoms with E-state index >= 15 is 0 Å². The van der Waals surface area contributed by atoms with Gasteiger partial charge in [-0.25, -0.2) is 5.43 Å². The number of hydrazone groups is 1. The van der Waals surface area contributed by atoms with Gasteiger partial charge in [-0.3, -0.25) is 9.78 Å². The summed E-state index contributed by atoms with van der Waals surface area (Å²) in [5, 5.41) is 4.06. The van der Waals surface area contributed by atoms with Gasteiger partial charge in [0.25, 0.3) is 5.91 Å². The third kappa shape index (κ3) is 5.24. The molecule has 0 saturated heterocycles. The van der Waals surface area contributed by atoms with Crippen molar-refractivity contribution in [3.05, 3.63) is 30.1 Å². The molecular formula is C13H19N3O. The average Bonchev–Trinajstić information content (AvgIpc) is 2.34. The van der Waals surface area contributed by atoms with E-state index < -0.39 is 0 Å². The van der Waals surface area contributed by atoms with Gasteiger partial charge in [-0.05, 0) is 37.8 Å². The maximum Gasteiger partial charge on any atom is 0.272 e. The third-order valence-corrected chi connectivity index (χ3v) is 2.36. The molecule has 0 radical (unpaired) electrons. The number of amides is 1. The highest BCUT2D eigenvalue weighted by molar-refractivity contribution is 5.94. The predicted octanol–water partition coefficient (Wildman–Crippen LogP) is 2.62. The lowest BCUT2D eigenvalue weighted by Gasteiger charge is -2.04. The first-order chi connectivity index (χ1) is 8.09. The lowest BCUT2D eigenvalue weighted by Crippen LogP contribution is -2.19. The van der Waals surface area contributed by atoms with E-state index in [1.165, 1.54) is 6.20 Å². The molecule has 1 heterocycles. The molecule has 0 aliphatic rings. The number of hydrogen-bond acceptors (Lipinski definition) is 3. The Balaban J connectivity index is 2.44. The molecular weight excluding hydrogens is 214 g/mol. The minimum Gasteiger partial charge on any atom is -0.267 e. The Morgan fingerprint density at radius 1 is 1.53 bits per heavy atom. The normalized spacial score (nSPS) is 11.6. The maximum atomic E-state index is 11.6. The summed E-state index contributed by atoms with van der Waals surface area (Å²) in [5.41, 5.74) is 3.99. The molecule has 1 rings (SSSR count). The Labute approximate surface area is 102 Å². The van der Waals surface area contributed by atoms with Crippen LogP contribution < -0.4 is 5.43 Å². The van der Waals surface area contributed by atoms with Gasteiger partial charge in [-0.1, -0.05) is 13.8 Å². The summed E-state index contributed by atoms with van der Waals surface area (Å²) in [6, 6.07) is 3.44. The lowest BCUT2D eigenvalue weighted by atomic mass is 10.1. The number of aromatic nitrogens is 1. The zero-order valence-corrected chi connectivity index (χ0v) is 10.6. The highest BCUT2D eigenvalue weighted by atomic mass is 16.2. The van der Waals surface area contributed by atoms with Crippen LogP contribution in [0.2, 0.25) is 0 Å². The quantitative estimate of drug-likeness (QED) is 0.628. The number of nitrogens with one attached hydrogen (secondary N) is 1. The first-order valence-corrected chi connectivity index (χ1v) is 5.83. The summed E-state index contributed by atoms with van der Waals surface area (Å²) in [6.07, 6.45) is 5.14. The Morgan fingerprint density at radius 3 is 2.88 bits per heavy atom. The highest BCUT2D eigenvalue weighted by Gasteiger charge is 2.03. The molecule has 4 heteroatoms. The molecule has 0 saturated carbocycles. The van der Waals surface area contributed by atoms with Crippen molar-refractivity contribution < 1.29 is 4.79 Å². The Bertz CT molecular complexity index is 385. The van der Waals surface area contributed by atoms with E-state index in [0.29, 0.717) is 11.5 Å². The van der Waals surface area contributed by atoms with Gasteiger partial charge in [0.15, 0.2) is 0 Å². The number of hydrogen-bond donors (Lipinski definition) is 1. The van der Waals surface area contributed by atoms with E-state index in [9.17, 15) is 4.79 Å². The van der Waals surface area contributed by atoms with Gasteiger partial charge in [0.2, 0.25) is 0 Å². The summed E-state index contributed by atoms with van der Waals surface area (Å²) in [6.45, 7) is 6.26. The van der Waals surface area contributed by atoms with E-state index in [4.69, 9.17) is 0 Å². The Morgan fingerprint density at radius 2 is 2.29 bits per heavy atom. The van der Waals surface area contributed by atoms with Crippen LogP contribution in [-0.4, -0.2) is 16.6 Å². The second-order valence-corrected chi connectivity index (χ2v) is 4.46. The summed E-state index contributed by atoms with van der Waals surface area (Å²) < 4.78 is 0. The number of carbonyl (C=O) groups excluding carboxylic acids is 1. The molecule has 0 fully saturated rings. The molecule has 0 bridgehead atoms. The van der Waals surface area contributed by atoms with Crippen molar-refractivity contribution in [1.29, 1.82) is 0 Å². The largest absolute Gasteiger partial charge is 0.272 e. The summed E-state index contributed by atoms with van der Waals surface area (Å²) in [7, 11) is 0. The highest BCUT2D eigenvalue weighted by Crippen LogP contribution is 2.04. The van der Waals surface area contributed by atoms with Crippen LogP contribution in [-0.2, 0) is 0 Å². The fourth-order valence-corrected chi connectivity index (χ4v) is 1.26. The zero-order valence-electron chi connectivity index (χ0n) is 10.6. The first-order valence-electron chi connectivity index (χ1n) is 5.83. The van der Waals surface area contributed by atoms with Crippen LogP contribution in [0.4, 0.5) is 0 Å². The van der Waals surface area contributed by atoms with E-state index in [-0.39, 0.29) is 5.91 Å². The second-order valence-electron chi connectivity index (χ2n) is 4.46. The van der Waals surface area contributed by atoms with Crippen molar-refractivity contribution in [2.24, 2.45) is 11.0 Å². The van der Waals surface area contributed by atoms with E-state index in [2.05, 4.69) is 29.4 Å². The van der Waals surface area contributed by atoms with Crippen LogP contribution in [0.3, 0.4) is 0 Å². The van der Waals surface area contributed by atoms with E-state index in [1.807, 2.05) is 6.92 Å². The van der Waals surface area contributed by atoms with Crippen molar-refractivity contribution in [2.45, 2.75) is 33.6 Å². The number of rotatable bonds is 5. The van der Waals surface area contributed by atoms with Crippen LogP contribution >= 0.6 is 0 Å². The predicted molar refractivity (Wildman–Crippen MR) is 68.9 cm³/mol. The van der Waals surface area contributed by atoms with Gasteiger partial charge >= 0.3 is 0 Å². The molecule has 0 aliphatic heterocycles. The van der Waals surface area contributed by atoms with E-state index in [0.717, 1.165) is 18.6 Å². The molecule has 0 unspecified atom stereocenters. The van der Waals surface area contributed by atoms with Crippen LogP contribution in [0.1, 0.15) is 44.0 Å². The van der Waals surface area contributed by atoms with Crippen molar-refractivity contribution in [3.8, 4) is 0 Å². The molecule has 0 aromatic carbocycles. The Kier molecular flexibility index (Phi) is 5.33. The number of carbonyl (C=O) groups is 1. The molecule has 4 nitrogen and oxygen atoms in total. The molecule has 0 aliphatic carbocycles. The topological polar surface area (TPSA) is 54.4 Å². The van der Waals surface area contributed by atoms with Crippen molar-refractivity contribution in [1.82, 2.24) is 10.4 Å². The Hall–Kier alpha value is -1.71. The average molecular weight is 233 g/mol. The molecule has 17 heavy (non-hydrogen) atoms. The number of pyridine rings is 1. The van der Waals surface area contributed by atoms with Crippen LogP contribution in [0, 0.1) is 5.92 Å². The standard InChI is InChI=1S/C13H19N3O/c1-10(2)6-7-11(3)15-16-13(17)12-5-4-8-14-9-12/h4-5,8-10H,6-7H2,1-3H3,(H,16,17)/b15-11+. The third-order valence-electron chi connectivity index (χ3n) is 2.36. The van der Waals surface area contributed by atoms with Crippen LogP contribution in [0.15, 0.2) is 29.6 Å². The van der Waals surface area contributed by atoms with Crippen molar-refractivity contribution in [3.63, 3.8) is 0 Å². The van der Waals surface area contributed by atoms with Gasteiger partial charge in [0, 0.05) is 18.1 Å². The molecule has 1 amide bonds. The molecule has 0 atom stereocenters. The van der Waals surface area contributed by atoms with Crippen molar-refractivity contribution >= 4 is 11.6 Å². The molecule has 1 aromatic rings. The maximum absolute atomic E-state index is 11.6. The summed E-state index contributed by atoms with van der Waals surface area (Å²) >= 11 is 0. The zero-order chi connectivity index (χ0) is 12.7. The van der Waals surface area contributed by atoms with Gasteiger partial charge in [-0.15, -0.1) is 0 Å². The van der Waals surface area contributed by atoms with Gasteiger partial charge < -0.3 is 0 Å². The smallest absolute Gasteiger partial charge is 0.267 e. The molecule has 1 N–H and O–H groups in total.